The number of rotatable bonds is 8. The molecule has 22 heavy (non-hydrogen) atoms. The van der Waals surface area contributed by atoms with Crippen LogP contribution >= 0.6 is 0 Å². The number of nitrogens with zero attached hydrogens (tertiary/aromatic N) is 2. The highest BCUT2D eigenvalue weighted by Gasteiger charge is 2.13. The van der Waals surface area contributed by atoms with E-state index >= 15 is 0 Å². The Morgan fingerprint density at radius 2 is 1.95 bits per heavy atom. The van der Waals surface area contributed by atoms with Gasteiger partial charge < -0.3 is 10.4 Å². The van der Waals surface area contributed by atoms with E-state index in [1.807, 2.05) is 22.9 Å². The zero-order chi connectivity index (χ0) is 15.9. The number of aliphatic hydroxyl groups excluding tert-OH is 1. The molecule has 0 spiro atoms. The molecule has 0 saturated carbocycles. The first kappa shape index (κ1) is 16.7. The van der Waals surface area contributed by atoms with Crippen molar-refractivity contribution in [2.45, 2.75) is 52.2 Å². The summed E-state index contributed by atoms with van der Waals surface area (Å²) in [6, 6.07) is 10.2. The highest BCUT2D eigenvalue weighted by molar-refractivity contribution is 5.33. The van der Waals surface area contributed by atoms with Crippen LogP contribution in [0.4, 0.5) is 0 Å². The Hall–Kier alpha value is -1.65. The van der Waals surface area contributed by atoms with Crippen molar-refractivity contribution < 1.29 is 5.11 Å². The van der Waals surface area contributed by atoms with Crippen LogP contribution in [0.15, 0.2) is 36.5 Å². The van der Waals surface area contributed by atoms with Crippen LogP contribution in [0.5, 0.6) is 0 Å². The van der Waals surface area contributed by atoms with Gasteiger partial charge in [-0.2, -0.15) is 5.10 Å². The minimum absolute atomic E-state index is 0.267. The molecular weight excluding hydrogens is 274 g/mol. The number of hydrogen-bond acceptors (Lipinski definition) is 3. The molecule has 0 fully saturated rings. The zero-order valence-electron chi connectivity index (χ0n) is 13.8. The first-order chi connectivity index (χ1) is 10.6. The molecule has 0 saturated heterocycles. The molecule has 1 heterocycles. The number of aromatic nitrogens is 2. The van der Waals surface area contributed by atoms with Crippen LogP contribution in [-0.4, -0.2) is 27.5 Å². The second-order valence-electron chi connectivity index (χ2n) is 6.05. The Labute approximate surface area is 133 Å². The van der Waals surface area contributed by atoms with E-state index in [4.69, 9.17) is 5.10 Å². The van der Waals surface area contributed by atoms with E-state index in [9.17, 15) is 5.11 Å². The highest BCUT2D eigenvalue weighted by atomic mass is 16.3. The molecular formula is C18H27N3O. The molecule has 1 atom stereocenters. The lowest BCUT2D eigenvalue weighted by molar-refractivity contribution is 0.160. The molecule has 0 amide bonds. The summed E-state index contributed by atoms with van der Waals surface area (Å²) >= 11 is 0. The van der Waals surface area contributed by atoms with E-state index in [0.717, 1.165) is 30.8 Å². The molecule has 120 valence electrons. The molecule has 0 aliphatic heterocycles. The highest BCUT2D eigenvalue weighted by Crippen LogP contribution is 2.19. The Bertz CT molecular complexity index is 563. The molecule has 4 nitrogen and oxygen atoms in total. The first-order valence-electron chi connectivity index (χ1n) is 8.14. The van der Waals surface area contributed by atoms with Gasteiger partial charge in [-0.3, -0.25) is 0 Å². The largest absolute Gasteiger partial charge is 0.392 e. The summed E-state index contributed by atoms with van der Waals surface area (Å²) in [5.74, 6) is 0.377. The topological polar surface area (TPSA) is 50.1 Å². The Kier molecular flexibility index (Phi) is 6.16. The SMILES string of the molecule is CCCC(O)CNCc1cn(-c2ccccc2)nc1C(C)C. The van der Waals surface area contributed by atoms with E-state index in [-0.39, 0.29) is 6.10 Å². The number of nitrogens with one attached hydrogen (secondary N) is 1. The third kappa shape index (κ3) is 4.42. The van der Waals surface area contributed by atoms with Crippen molar-refractivity contribution in [2.75, 3.05) is 6.54 Å². The van der Waals surface area contributed by atoms with Crippen molar-refractivity contribution in [2.24, 2.45) is 0 Å². The van der Waals surface area contributed by atoms with Crippen LogP contribution in [0, 0.1) is 0 Å². The normalized spacial score (nSPS) is 12.8. The minimum Gasteiger partial charge on any atom is -0.392 e. The fourth-order valence-corrected chi connectivity index (χ4v) is 2.57. The lowest BCUT2D eigenvalue weighted by Gasteiger charge is -2.11. The van der Waals surface area contributed by atoms with Gasteiger partial charge in [-0.1, -0.05) is 45.4 Å². The summed E-state index contributed by atoms with van der Waals surface area (Å²) in [5.41, 5.74) is 3.38. The van der Waals surface area contributed by atoms with Crippen LogP contribution in [0.3, 0.4) is 0 Å². The van der Waals surface area contributed by atoms with E-state index in [0.29, 0.717) is 12.5 Å². The third-order valence-corrected chi connectivity index (χ3v) is 3.71. The van der Waals surface area contributed by atoms with Crippen molar-refractivity contribution in [1.29, 1.82) is 0 Å². The molecule has 0 bridgehead atoms. The molecule has 2 aromatic rings. The molecule has 2 N–H and O–H groups in total. The number of aliphatic hydroxyl groups is 1. The summed E-state index contributed by atoms with van der Waals surface area (Å²) in [6.45, 7) is 7.77. The van der Waals surface area contributed by atoms with Gasteiger partial charge in [0, 0.05) is 24.8 Å². The number of hydrogen-bond donors (Lipinski definition) is 2. The fraction of sp³-hybridized carbons (Fsp3) is 0.500. The molecule has 0 aliphatic rings. The molecule has 1 aromatic heterocycles. The van der Waals surface area contributed by atoms with Crippen molar-refractivity contribution in [3.63, 3.8) is 0 Å². The quantitative estimate of drug-likeness (QED) is 0.787. The average molecular weight is 301 g/mol. The van der Waals surface area contributed by atoms with Gasteiger partial charge in [-0.05, 0) is 24.5 Å². The van der Waals surface area contributed by atoms with Crippen LogP contribution in [0.25, 0.3) is 5.69 Å². The Balaban J connectivity index is 2.08. The van der Waals surface area contributed by atoms with Gasteiger partial charge in [0.1, 0.15) is 0 Å². The molecule has 0 radical (unpaired) electrons. The lowest BCUT2D eigenvalue weighted by atomic mass is 10.1. The van der Waals surface area contributed by atoms with Crippen LogP contribution in [0.1, 0.15) is 50.8 Å². The maximum absolute atomic E-state index is 9.81. The summed E-state index contributed by atoms with van der Waals surface area (Å²) in [6.07, 6.45) is 3.67. The van der Waals surface area contributed by atoms with Crippen LogP contribution < -0.4 is 5.32 Å². The van der Waals surface area contributed by atoms with E-state index in [1.54, 1.807) is 0 Å². The van der Waals surface area contributed by atoms with Crippen molar-refractivity contribution >= 4 is 0 Å². The molecule has 2 rings (SSSR count). The smallest absolute Gasteiger partial charge is 0.0699 e. The second-order valence-corrected chi connectivity index (χ2v) is 6.05. The van der Waals surface area contributed by atoms with Gasteiger partial charge in [-0.25, -0.2) is 4.68 Å². The Morgan fingerprint density at radius 1 is 1.23 bits per heavy atom. The van der Waals surface area contributed by atoms with Gasteiger partial charge in [0.05, 0.1) is 17.5 Å². The molecule has 1 unspecified atom stereocenters. The first-order valence-corrected chi connectivity index (χ1v) is 8.14. The molecule has 1 aromatic carbocycles. The summed E-state index contributed by atoms with van der Waals surface area (Å²) in [4.78, 5) is 0. The monoisotopic (exact) mass is 301 g/mol. The summed E-state index contributed by atoms with van der Waals surface area (Å²) < 4.78 is 1.94. The Morgan fingerprint density at radius 3 is 2.59 bits per heavy atom. The van der Waals surface area contributed by atoms with E-state index < -0.39 is 0 Å². The van der Waals surface area contributed by atoms with Crippen molar-refractivity contribution in [3.8, 4) is 5.69 Å². The maximum Gasteiger partial charge on any atom is 0.0699 e. The van der Waals surface area contributed by atoms with Gasteiger partial charge in [0.15, 0.2) is 0 Å². The minimum atomic E-state index is -0.267. The summed E-state index contributed by atoms with van der Waals surface area (Å²) in [7, 11) is 0. The predicted octanol–water partition coefficient (Wildman–Crippen LogP) is 3.25. The average Bonchev–Trinajstić information content (AvgIpc) is 2.93. The van der Waals surface area contributed by atoms with Crippen LogP contribution in [0.2, 0.25) is 0 Å². The fourth-order valence-electron chi connectivity index (χ4n) is 2.57. The zero-order valence-corrected chi connectivity index (χ0v) is 13.8. The molecule has 0 aliphatic carbocycles. The van der Waals surface area contributed by atoms with E-state index in [2.05, 4.69) is 44.4 Å². The van der Waals surface area contributed by atoms with E-state index in [1.165, 1.54) is 5.56 Å². The predicted molar refractivity (Wildman–Crippen MR) is 90.3 cm³/mol. The van der Waals surface area contributed by atoms with Gasteiger partial charge in [-0.15, -0.1) is 0 Å². The van der Waals surface area contributed by atoms with Gasteiger partial charge in [0.25, 0.3) is 0 Å². The van der Waals surface area contributed by atoms with Crippen LogP contribution in [-0.2, 0) is 6.54 Å². The van der Waals surface area contributed by atoms with Crippen molar-refractivity contribution in [1.82, 2.24) is 15.1 Å². The van der Waals surface area contributed by atoms with Gasteiger partial charge in [0.2, 0.25) is 0 Å². The number of benzene rings is 1. The second kappa shape index (κ2) is 8.11. The van der Waals surface area contributed by atoms with Gasteiger partial charge >= 0.3 is 0 Å². The summed E-state index contributed by atoms with van der Waals surface area (Å²) in [5, 5.41) is 17.9. The standard InChI is InChI=1S/C18H27N3O/c1-4-8-17(22)12-19-11-15-13-21(20-18(15)14(2)3)16-9-6-5-7-10-16/h5-7,9-10,13-14,17,19,22H,4,8,11-12H2,1-3H3. The number of para-hydroxylation sites is 1. The molecule has 4 heteroatoms. The maximum atomic E-state index is 9.81. The lowest BCUT2D eigenvalue weighted by Crippen LogP contribution is -2.26. The van der Waals surface area contributed by atoms with Crippen molar-refractivity contribution in [3.05, 3.63) is 47.8 Å². The third-order valence-electron chi connectivity index (χ3n) is 3.71.